The van der Waals surface area contributed by atoms with Crippen LogP contribution in [0.4, 0.5) is 4.39 Å². The number of benzene rings is 1. The quantitative estimate of drug-likeness (QED) is 0.834. The molecule has 0 saturated heterocycles. The Balaban J connectivity index is 2.70. The van der Waals surface area contributed by atoms with Crippen molar-refractivity contribution in [1.29, 1.82) is 0 Å². The maximum absolute atomic E-state index is 13.1. The molecule has 108 valence electrons. The van der Waals surface area contributed by atoms with Gasteiger partial charge in [-0.1, -0.05) is 22.0 Å². The highest BCUT2D eigenvalue weighted by molar-refractivity contribution is 9.10. The number of halogens is 2. The average molecular weight is 333 g/mol. The molecule has 0 aromatic heterocycles. The van der Waals surface area contributed by atoms with Crippen molar-refractivity contribution in [3.63, 3.8) is 0 Å². The summed E-state index contributed by atoms with van der Waals surface area (Å²) in [6.45, 7) is 5.93. The van der Waals surface area contributed by atoms with Crippen molar-refractivity contribution in [2.45, 2.75) is 26.0 Å². The van der Waals surface area contributed by atoms with Crippen molar-refractivity contribution in [1.82, 2.24) is 4.90 Å². The first-order valence-electron chi connectivity index (χ1n) is 6.42. The SMILES string of the molecule is CC(C)OCCN(C)C(CN)c1ccc(F)cc1Br. The molecule has 2 N–H and O–H groups in total. The van der Waals surface area contributed by atoms with Crippen LogP contribution >= 0.6 is 15.9 Å². The third-order valence-corrected chi connectivity index (χ3v) is 3.66. The van der Waals surface area contributed by atoms with E-state index in [4.69, 9.17) is 10.5 Å². The van der Waals surface area contributed by atoms with Crippen molar-refractivity contribution < 1.29 is 9.13 Å². The Hall–Kier alpha value is -0.490. The summed E-state index contributed by atoms with van der Waals surface area (Å²) in [6, 6.07) is 4.75. The molecule has 0 fully saturated rings. The molecule has 1 atom stereocenters. The third kappa shape index (κ3) is 5.18. The van der Waals surface area contributed by atoms with E-state index in [1.54, 1.807) is 6.07 Å². The summed E-state index contributed by atoms with van der Waals surface area (Å²) in [6.07, 6.45) is 0.224. The minimum Gasteiger partial charge on any atom is -0.377 e. The van der Waals surface area contributed by atoms with Crippen LogP contribution in [0.3, 0.4) is 0 Å². The first-order valence-corrected chi connectivity index (χ1v) is 7.21. The molecule has 0 amide bonds. The molecule has 0 radical (unpaired) electrons. The topological polar surface area (TPSA) is 38.5 Å². The monoisotopic (exact) mass is 332 g/mol. The van der Waals surface area contributed by atoms with Gasteiger partial charge in [-0.25, -0.2) is 4.39 Å². The van der Waals surface area contributed by atoms with Gasteiger partial charge in [0.05, 0.1) is 12.7 Å². The summed E-state index contributed by atoms with van der Waals surface area (Å²) in [5.41, 5.74) is 6.84. The van der Waals surface area contributed by atoms with E-state index in [-0.39, 0.29) is 18.0 Å². The Kier molecular flexibility index (Phi) is 6.93. The molecule has 5 heteroatoms. The Morgan fingerprint density at radius 1 is 1.42 bits per heavy atom. The molecule has 19 heavy (non-hydrogen) atoms. The highest BCUT2D eigenvalue weighted by Gasteiger charge is 2.18. The lowest BCUT2D eigenvalue weighted by Crippen LogP contribution is -2.33. The summed E-state index contributed by atoms with van der Waals surface area (Å²) in [4.78, 5) is 2.13. The number of hydrogen-bond acceptors (Lipinski definition) is 3. The van der Waals surface area contributed by atoms with Gasteiger partial charge in [0.25, 0.3) is 0 Å². The lowest BCUT2D eigenvalue weighted by molar-refractivity contribution is 0.0563. The summed E-state index contributed by atoms with van der Waals surface area (Å²) < 4.78 is 19.4. The summed E-state index contributed by atoms with van der Waals surface area (Å²) in [7, 11) is 2.00. The Morgan fingerprint density at radius 2 is 2.11 bits per heavy atom. The van der Waals surface area contributed by atoms with Gasteiger partial charge in [-0.05, 0) is 38.6 Å². The number of rotatable bonds is 7. The second kappa shape index (κ2) is 7.94. The van der Waals surface area contributed by atoms with Crippen molar-refractivity contribution in [2.24, 2.45) is 5.73 Å². The molecule has 1 aromatic rings. The predicted molar refractivity (Wildman–Crippen MR) is 79.6 cm³/mol. The van der Waals surface area contributed by atoms with Gasteiger partial charge in [-0.2, -0.15) is 0 Å². The second-order valence-corrected chi connectivity index (χ2v) is 5.67. The largest absolute Gasteiger partial charge is 0.377 e. The van der Waals surface area contributed by atoms with Crippen molar-refractivity contribution in [3.05, 3.63) is 34.1 Å². The van der Waals surface area contributed by atoms with Crippen LogP contribution in [-0.2, 0) is 4.74 Å². The molecular weight excluding hydrogens is 311 g/mol. The first kappa shape index (κ1) is 16.6. The van der Waals surface area contributed by atoms with Crippen molar-refractivity contribution in [3.8, 4) is 0 Å². The average Bonchev–Trinajstić information content (AvgIpc) is 2.32. The Bertz CT molecular complexity index is 401. The normalized spacial score (nSPS) is 13.3. The Labute approximate surface area is 123 Å². The van der Waals surface area contributed by atoms with Gasteiger partial charge >= 0.3 is 0 Å². The molecule has 0 heterocycles. The molecular formula is C14H22BrFN2O. The van der Waals surface area contributed by atoms with E-state index in [0.717, 1.165) is 16.6 Å². The molecule has 0 spiro atoms. The van der Waals surface area contributed by atoms with Crippen LogP contribution in [0.2, 0.25) is 0 Å². The van der Waals surface area contributed by atoms with Gasteiger partial charge in [-0.3, -0.25) is 4.90 Å². The number of likely N-dealkylation sites (N-methyl/N-ethyl adjacent to an activating group) is 1. The minimum absolute atomic E-state index is 0.0470. The van der Waals surface area contributed by atoms with Crippen LogP contribution in [0, 0.1) is 5.82 Å². The number of hydrogen-bond donors (Lipinski definition) is 1. The van der Waals surface area contributed by atoms with Crippen molar-refractivity contribution >= 4 is 15.9 Å². The minimum atomic E-state index is -0.253. The Morgan fingerprint density at radius 3 is 2.63 bits per heavy atom. The third-order valence-electron chi connectivity index (χ3n) is 2.97. The van der Waals surface area contributed by atoms with Gasteiger partial charge in [0.15, 0.2) is 0 Å². The first-order chi connectivity index (χ1) is 8.95. The summed E-state index contributed by atoms with van der Waals surface area (Å²) in [5, 5.41) is 0. The highest BCUT2D eigenvalue weighted by Crippen LogP contribution is 2.27. The van der Waals surface area contributed by atoms with E-state index < -0.39 is 0 Å². The fraction of sp³-hybridized carbons (Fsp3) is 0.571. The van der Waals surface area contributed by atoms with Crippen molar-refractivity contribution in [2.75, 3.05) is 26.7 Å². The molecule has 0 aliphatic heterocycles. The maximum Gasteiger partial charge on any atom is 0.124 e. The number of ether oxygens (including phenoxy) is 1. The zero-order chi connectivity index (χ0) is 14.4. The van der Waals surface area contributed by atoms with Crippen LogP contribution in [0.25, 0.3) is 0 Å². The van der Waals surface area contributed by atoms with Gasteiger partial charge in [0.1, 0.15) is 5.82 Å². The number of nitrogens with two attached hydrogens (primary N) is 1. The van der Waals surface area contributed by atoms with E-state index in [0.29, 0.717) is 13.2 Å². The molecule has 1 unspecified atom stereocenters. The fourth-order valence-corrected chi connectivity index (χ4v) is 2.52. The predicted octanol–water partition coefficient (Wildman–Crippen LogP) is 2.94. The smallest absolute Gasteiger partial charge is 0.124 e. The number of nitrogens with zero attached hydrogens (tertiary/aromatic N) is 1. The van der Waals surface area contributed by atoms with E-state index in [1.165, 1.54) is 12.1 Å². The van der Waals surface area contributed by atoms with Crippen LogP contribution < -0.4 is 5.73 Å². The van der Waals surface area contributed by atoms with Crippen LogP contribution in [0.5, 0.6) is 0 Å². The van der Waals surface area contributed by atoms with E-state index >= 15 is 0 Å². The van der Waals surface area contributed by atoms with E-state index in [2.05, 4.69) is 20.8 Å². The van der Waals surface area contributed by atoms with Crippen LogP contribution in [0.1, 0.15) is 25.5 Å². The maximum atomic E-state index is 13.1. The molecule has 1 rings (SSSR count). The molecule has 0 saturated carbocycles. The van der Waals surface area contributed by atoms with Crippen LogP contribution in [-0.4, -0.2) is 37.7 Å². The molecule has 3 nitrogen and oxygen atoms in total. The van der Waals surface area contributed by atoms with E-state index in [9.17, 15) is 4.39 Å². The molecule has 1 aromatic carbocycles. The lowest BCUT2D eigenvalue weighted by Gasteiger charge is -2.28. The zero-order valence-electron chi connectivity index (χ0n) is 11.7. The molecule has 0 aliphatic rings. The van der Waals surface area contributed by atoms with Gasteiger partial charge in [0.2, 0.25) is 0 Å². The zero-order valence-corrected chi connectivity index (χ0v) is 13.3. The fourth-order valence-electron chi connectivity index (χ4n) is 1.90. The standard InChI is InChI=1S/C14H22BrFN2O/c1-10(2)19-7-6-18(3)14(9-17)12-5-4-11(16)8-13(12)15/h4-5,8,10,14H,6-7,9,17H2,1-3H3. The highest BCUT2D eigenvalue weighted by atomic mass is 79.9. The van der Waals surface area contributed by atoms with Gasteiger partial charge in [-0.15, -0.1) is 0 Å². The van der Waals surface area contributed by atoms with Gasteiger partial charge < -0.3 is 10.5 Å². The van der Waals surface area contributed by atoms with Crippen LogP contribution in [0.15, 0.2) is 22.7 Å². The molecule has 0 aliphatic carbocycles. The molecule has 0 bridgehead atoms. The summed E-state index contributed by atoms with van der Waals surface area (Å²) in [5.74, 6) is -0.253. The second-order valence-electron chi connectivity index (χ2n) is 4.82. The van der Waals surface area contributed by atoms with Gasteiger partial charge in [0, 0.05) is 23.6 Å². The lowest BCUT2D eigenvalue weighted by atomic mass is 10.1. The van der Waals surface area contributed by atoms with E-state index in [1.807, 2.05) is 20.9 Å². The summed E-state index contributed by atoms with van der Waals surface area (Å²) >= 11 is 3.39.